The zero-order valence-corrected chi connectivity index (χ0v) is 15.0. The number of aryl methyl sites for hydroxylation is 2. The second-order valence-corrected chi connectivity index (χ2v) is 6.19. The van der Waals surface area contributed by atoms with Crippen molar-refractivity contribution in [1.29, 1.82) is 0 Å². The van der Waals surface area contributed by atoms with E-state index < -0.39 is 6.10 Å². The summed E-state index contributed by atoms with van der Waals surface area (Å²) in [6, 6.07) is 11.0. The third-order valence-corrected chi connectivity index (χ3v) is 4.22. The number of hydrogen-bond acceptors (Lipinski definition) is 3. The lowest BCUT2D eigenvalue weighted by Gasteiger charge is -2.17. The Bertz CT molecular complexity index is 667. The number of aromatic nitrogens is 1. The molecule has 0 bridgehead atoms. The summed E-state index contributed by atoms with van der Waals surface area (Å²) in [6.45, 7) is 2.13. The maximum absolute atomic E-state index is 12.0. The van der Waals surface area contributed by atoms with E-state index in [1.807, 2.05) is 26.2 Å². The molecule has 6 nitrogen and oxygen atoms in total. The van der Waals surface area contributed by atoms with Gasteiger partial charge in [-0.15, -0.1) is 0 Å². The molecule has 2 atom stereocenters. The number of ether oxygens (including phenoxy) is 1. The highest BCUT2D eigenvalue weighted by Gasteiger charge is 2.12. The molecule has 0 radical (unpaired) electrons. The van der Waals surface area contributed by atoms with Crippen molar-refractivity contribution in [3.63, 3.8) is 0 Å². The summed E-state index contributed by atoms with van der Waals surface area (Å²) in [4.78, 5) is 12.0. The molecular weight excluding hydrogens is 318 g/mol. The molecule has 0 spiro atoms. The summed E-state index contributed by atoms with van der Waals surface area (Å²) in [6.07, 6.45) is 3.02. The van der Waals surface area contributed by atoms with Crippen molar-refractivity contribution in [2.24, 2.45) is 7.05 Å². The van der Waals surface area contributed by atoms with Crippen molar-refractivity contribution in [2.45, 2.75) is 31.9 Å². The van der Waals surface area contributed by atoms with Crippen molar-refractivity contribution in [3.8, 4) is 5.75 Å². The Hall–Kier alpha value is -2.47. The van der Waals surface area contributed by atoms with Crippen LogP contribution in [0.3, 0.4) is 0 Å². The highest BCUT2D eigenvalue weighted by atomic mass is 16.5. The van der Waals surface area contributed by atoms with Gasteiger partial charge in [-0.3, -0.25) is 0 Å². The van der Waals surface area contributed by atoms with Crippen molar-refractivity contribution < 1.29 is 14.6 Å². The first-order valence-corrected chi connectivity index (χ1v) is 8.46. The van der Waals surface area contributed by atoms with Crippen molar-refractivity contribution in [3.05, 3.63) is 53.9 Å². The molecule has 1 heterocycles. The number of methoxy groups -OCH3 is 1. The van der Waals surface area contributed by atoms with E-state index in [1.54, 1.807) is 31.4 Å². The minimum Gasteiger partial charge on any atom is -0.497 e. The molecule has 25 heavy (non-hydrogen) atoms. The van der Waals surface area contributed by atoms with Gasteiger partial charge in [0, 0.05) is 31.5 Å². The van der Waals surface area contributed by atoms with Gasteiger partial charge in [-0.1, -0.05) is 12.1 Å². The fourth-order valence-electron chi connectivity index (χ4n) is 2.60. The van der Waals surface area contributed by atoms with E-state index in [0.29, 0.717) is 0 Å². The summed E-state index contributed by atoms with van der Waals surface area (Å²) >= 11 is 0. The minimum absolute atomic E-state index is 0.0491. The molecule has 0 aliphatic rings. The van der Waals surface area contributed by atoms with E-state index in [2.05, 4.69) is 21.3 Å². The third-order valence-electron chi connectivity index (χ3n) is 4.22. The first-order valence-electron chi connectivity index (χ1n) is 8.46. The average Bonchev–Trinajstić information content (AvgIpc) is 3.03. The molecule has 136 valence electrons. The largest absolute Gasteiger partial charge is 0.497 e. The van der Waals surface area contributed by atoms with Crippen LogP contribution in [-0.2, 0) is 13.5 Å². The van der Waals surface area contributed by atoms with Crippen molar-refractivity contribution >= 4 is 6.03 Å². The highest BCUT2D eigenvalue weighted by Crippen LogP contribution is 2.16. The number of carbonyl (C=O) groups excluding carboxylic acids is 1. The molecule has 2 unspecified atom stereocenters. The smallest absolute Gasteiger partial charge is 0.315 e. The maximum atomic E-state index is 12.0. The summed E-state index contributed by atoms with van der Waals surface area (Å²) < 4.78 is 7.17. The Kier molecular flexibility index (Phi) is 6.89. The Morgan fingerprint density at radius 3 is 2.60 bits per heavy atom. The van der Waals surface area contributed by atoms with Gasteiger partial charge in [0.1, 0.15) is 5.75 Å². The first-order chi connectivity index (χ1) is 12.0. The number of aliphatic hydroxyl groups is 1. The Morgan fingerprint density at radius 1 is 1.28 bits per heavy atom. The van der Waals surface area contributed by atoms with Crippen LogP contribution in [0.5, 0.6) is 5.75 Å². The standard InChI is InChI=1S/C19H27N3O3/c1-14(6-9-16-5-4-12-22(16)2)21-19(24)20-13-18(23)15-7-10-17(25-3)11-8-15/h4-5,7-8,10-12,14,18,23H,6,9,13H2,1-3H3,(H2,20,21,24). The SMILES string of the molecule is COc1ccc(C(O)CNC(=O)NC(C)CCc2cccn2C)cc1. The number of urea groups is 1. The predicted molar refractivity (Wildman–Crippen MR) is 97.7 cm³/mol. The molecule has 0 saturated carbocycles. The summed E-state index contributed by atoms with van der Waals surface area (Å²) in [5, 5.41) is 15.7. The Balaban J connectivity index is 1.71. The van der Waals surface area contributed by atoms with Gasteiger partial charge in [0.2, 0.25) is 0 Å². The molecule has 0 fully saturated rings. The van der Waals surface area contributed by atoms with Crippen LogP contribution in [-0.4, -0.2) is 35.4 Å². The molecule has 0 aliphatic carbocycles. The second-order valence-electron chi connectivity index (χ2n) is 6.19. The Labute approximate surface area is 148 Å². The van der Waals surface area contributed by atoms with E-state index >= 15 is 0 Å². The minimum atomic E-state index is -0.754. The van der Waals surface area contributed by atoms with Crippen molar-refractivity contribution in [1.82, 2.24) is 15.2 Å². The van der Waals surface area contributed by atoms with Crippen LogP contribution in [0.15, 0.2) is 42.6 Å². The summed E-state index contributed by atoms with van der Waals surface area (Å²) in [5.41, 5.74) is 1.97. The third kappa shape index (κ3) is 5.83. The summed E-state index contributed by atoms with van der Waals surface area (Å²) in [7, 11) is 3.61. The molecule has 2 rings (SSSR count). The molecule has 0 aliphatic heterocycles. The number of aliphatic hydroxyl groups excluding tert-OH is 1. The number of nitrogens with one attached hydrogen (secondary N) is 2. The van der Waals surface area contributed by atoms with Gasteiger partial charge in [0.25, 0.3) is 0 Å². The quantitative estimate of drug-likeness (QED) is 0.688. The first kappa shape index (κ1) is 18.9. The van der Waals surface area contributed by atoms with Gasteiger partial charge in [0.05, 0.1) is 13.2 Å². The molecule has 6 heteroatoms. The number of rotatable bonds is 8. The normalized spacial score (nSPS) is 13.1. The molecule has 3 N–H and O–H groups in total. The van der Waals surface area contributed by atoms with Crippen molar-refractivity contribution in [2.75, 3.05) is 13.7 Å². The van der Waals surface area contributed by atoms with Crippen LogP contribution in [0.4, 0.5) is 4.79 Å². The fourth-order valence-corrected chi connectivity index (χ4v) is 2.60. The van der Waals surface area contributed by atoms with Crippen LogP contribution >= 0.6 is 0 Å². The van der Waals surface area contributed by atoms with Crippen LogP contribution < -0.4 is 15.4 Å². The van der Waals surface area contributed by atoms with Gasteiger partial charge in [-0.2, -0.15) is 0 Å². The number of hydrogen-bond donors (Lipinski definition) is 3. The second kappa shape index (κ2) is 9.13. The van der Waals surface area contributed by atoms with Gasteiger partial charge in [-0.25, -0.2) is 4.79 Å². The molecule has 2 amide bonds. The van der Waals surface area contributed by atoms with Gasteiger partial charge >= 0.3 is 6.03 Å². The predicted octanol–water partition coefficient (Wildman–Crippen LogP) is 2.39. The maximum Gasteiger partial charge on any atom is 0.315 e. The molecule has 1 aromatic heterocycles. The van der Waals surface area contributed by atoms with Gasteiger partial charge in [-0.05, 0) is 49.6 Å². The van der Waals surface area contributed by atoms with Crippen LogP contribution in [0.2, 0.25) is 0 Å². The van der Waals surface area contributed by atoms with Gasteiger partial charge in [0.15, 0.2) is 0 Å². The van der Waals surface area contributed by atoms with Crippen LogP contribution in [0, 0.1) is 0 Å². The van der Waals surface area contributed by atoms with E-state index in [4.69, 9.17) is 4.74 Å². The molecule has 0 saturated heterocycles. The molecular formula is C19H27N3O3. The lowest BCUT2D eigenvalue weighted by Crippen LogP contribution is -2.42. The Morgan fingerprint density at radius 2 is 2.00 bits per heavy atom. The number of nitrogens with zero attached hydrogens (tertiary/aromatic N) is 1. The summed E-state index contributed by atoms with van der Waals surface area (Å²) in [5.74, 6) is 0.730. The van der Waals surface area contributed by atoms with E-state index in [0.717, 1.165) is 24.2 Å². The lowest BCUT2D eigenvalue weighted by molar-refractivity contribution is 0.172. The van der Waals surface area contributed by atoms with E-state index in [-0.39, 0.29) is 18.6 Å². The van der Waals surface area contributed by atoms with Gasteiger partial charge < -0.3 is 25.0 Å². The van der Waals surface area contributed by atoms with E-state index in [9.17, 15) is 9.90 Å². The zero-order chi connectivity index (χ0) is 18.2. The number of carbonyl (C=O) groups is 1. The van der Waals surface area contributed by atoms with Crippen LogP contribution in [0.25, 0.3) is 0 Å². The lowest BCUT2D eigenvalue weighted by atomic mass is 10.1. The number of amides is 2. The zero-order valence-electron chi connectivity index (χ0n) is 15.0. The topological polar surface area (TPSA) is 75.5 Å². The average molecular weight is 345 g/mol. The van der Waals surface area contributed by atoms with E-state index in [1.165, 1.54) is 5.69 Å². The molecule has 1 aromatic carbocycles. The molecule has 2 aromatic rings. The highest BCUT2D eigenvalue weighted by molar-refractivity contribution is 5.74. The fraction of sp³-hybridized carbons (Fsp3) is 0.421. The monoisotopic (exact) mass is 345 g/mol. The number of benzene rings is 1. The van der Waals surface area contributed by atoms with Crippen LogP contribution in [0.1, 0.15) is 30.7 Å².